The summed E-state index contributed by atoms with van der Waals surface area (Å²) in [6, 6.07) is 12.1. The molecule has 5 N–H and O–H groups in total. The number of benzene rings is 2. The fourth-order valence-electron chi connectivity index (χ4n) is 3.30. The summed E-state index contributed by atoms with van der Waals surface area (Å²) in [4.78, 5) is 23.5. The molecule has 2 aromatic carbocycles. The van der Waals surface area contributed by atoms with Crippen molar-refractivity contribution in [3.8, 4) is 0 Å². The van der Waals surface area contributed by atoms with Crippen molar-refractivity contribution in [3.05, 3.63) is 69.8 Å². The number of anilines is 1. The first-order valence-corrected chi connectivity index (χ1v) is 9.26. The first-order valence-electron chi connectivity index (χ1n) is 9.26. The van der Waals surface area contributed by atoms with Gasteiger partial charge in [0.25, 0.3) is 5.69 Å². The number of ether oxygens (including phenoxy) is 1. The van der Waals surface area contributed by atoms with E-state index in [9.17, 15) is 35.3 Å². The molecule has 0 radical (unpaired) electrons. The molecular weight excluding hydrogens is 396 g/mol. The number of ketones is 1. The molecule has 2 aromatic rings. The largest absolute Gasteiger partial charge is 0.394 e. The van der Waals surface area contributed by atoms with E-state index >= 15 is 0 Å². The molecule has 0 aromatic heterocycles. The second-order valence-corrected chi connectivity index (χ2v) is 6.93. The maximum Gasteiger partial charge on any atom is 0.280 e. The predicted molar refractivity (Wildman–Crippen MR) is 105 cm³/mol. The van der Waals surface area contributed by atoms with Gasteiger partial charge < -0.3 is 30.5 Å². The molecule has 1 heterocycles. The zero-order chi connectivity index (χ0) is 21.8. The van der Waals surface area contributed by atoms with Crippen LogP contribution in [0.1, 0.15) is 15.9 Å². The number of hydrogen-bond acceptors (Lipinski definition) is 9. The van der Waals surface area contributed by atoms with Crippen LogP contribution in [0.3, 0.4) is 0 Å². The molecule has 1 unspecified atom stereocenters. The molecule has 30 heavy (non-hydrogen) atoms. The summed E-state index contributed by atoms with van der Waals surface area (Å²) in [6.45, 7) is -0.590. The Labute approximate surface area is 171 Å². The second kappa shape index (κ2) is 9.28. The van der Waals surface area contributed by atoms with Crippen molar-refractivity contribution < 1.29 is 34.9 Å². The Morgan fingerprint density at radius 3 is 2.33 bits per heavy atom. The van der Waals surface area contributed by atoms with Gasteiger partial charge in [0.2, 0.25) is 0 Å². The average Bonchev–Trinajstić information content (AvgIpc) is 2.77. The summed E-state index contributed by atoms with van der Waals surface area (Å²) in [5, 5.41) is 53.3. The summed E-state index contributed by atoms with van der Waals surface area (Å²) >= 11 is 0. The minimum Gasteiger partial charge on any atom is -0.394 e. The smallest absolute Gasteiger partial charge is 0.280 e. The number of nitrogens with zero attached hydrogens (tertiary/aromatic N) is 1. The van der Waals surface area contributed by atoms with Crippen molar-refractivity contribution in [1.29, 1.82) is 0 Å². The molecule has 0 saturated carbocycles. The lowest BCUT2D eigenvalue weighted by Gasteiger charge is -2.40. The molecule has 1 saturated heterocycles. The van der Waals surface area contributed by atoms with Gasteiger partial charge >= 0.3 is 0 Å². The molecular formula is C20H22N2O8. The van der Waals surface area contributed by atoms with Crippen LogP contribution in [-0.2, 0) is 4.74 Å². The topological polar surface area (TPSA) is 162 Å². The number of nitro benzene ring substituents is 1. The van der Waals surface area contributed by atoms with E-state index in [0.29, 0.717) is 11.3 Å². The number of rotatable bonds is 7. The number of carbonyl (C=O) groups excluding carboxylic acids is 1. The van der Waals surface area contributed by atoms with Crippen molar-refractivity contribution >= 4 is 17.2 Å². The first-order chi connectivity index (χ1) is 14.3. The number of carbonyl (C=O) groups is 1. The summed E-state index contributed by atoms with van der Waals surface area (Å²) in [5.41, 5.74) is 0.204. The van der Waals surface area contributed by atoms with Crippen LogP contribution < -0.4 is 5.32 Å². The highest BCUT2D eigenvalue weighted by Gasteiger charge is 2.43. The Balaban J connectivity index is 1.80. The first kappa shape index (κ1) is 21.8. The van der Waals surface area contributed by atoms with Crippen molar-refractivity contribution in [2.45, 2.75) is 30.5 Å². The van der Waals surface area contributed by atoms with Gasteiger partial charge in [-0.2, -0.15) is 0 Å². The molecule has 1 aliphatic rings. The van der Waals surface area contributed by atoms with Crippen LogP contribution in [0, 0.1) is 10.1 Å². The highest BCUT2D eigenvalue weighted by molar-refractivity contribution is 6.12. The quantitative estimate of drug-likeness (QED) is 0.238. The van der Waals surface area contributed by atoms with Gasteiger partial charge in [-0.05, 0) is 12.1 Å². The van der Waals surface area contributed by atoms with E-state index < -0.39 is 47.8 Å². The van der Waals surface area contributed by atoms with Crippen molar-refractivity contribution in [1.82, 2.24) is 0 Å². The minimum absolute atomic E-state index is 0.0434. The molecule has 0 aliphatic carbocycles. The standard InChI is InChI=1S/C20H22N2O8/c23-10-16-19(26)20(27)18(25)15(30-16)9-21-12-6-7-14(22(28)29)13(8-12)17(24)11-4-2-1-3-5-11/h1-8,15-16,18-21,23,25-27H,9-10H2/t15?,16-,18+,19-,20-/m1/s1. The Bertz CT molecular complexity index is 905. The van der Waals surface area contributed by atoms with Gasteiger partial charge in [0.15, 0.2) is 5.78 Å². The Morgan fingerprint density at radius 2 is 1.70 bits per heavy atom. The maximum atomic E-state index is 12.8. The third kappa shape index (κ3) is 4.48. The summed E-state index contributed by atoms with van der Waals surface area (Å²) in [6.07, 6.45) is -6.39. The maximum absolute atomic E-state index is 12.8. The van der Waals surface area contributed by atoms with Gasteiger partial charge in [-0.15, -0.1) is 0 Å². The van der Waals surface area contributed by atoms with Gasteiger partial charge in [-0.3, -0.25) is 14.9 Å². The summed E-state index contributed by atoms with van der Waals surface area (Å²) in [7, 11) is 0. The van der Waals surface area contributed by atoms with E-state index in [1.165, 1.54) is 18.2 Å². The SMILES string of the molecule is O=C(c1ccccc1)c1cc(NCC2O[C@H](CO)[C@@H](O)[C@H](O)[C@H]2O)ccc1[N+](=O)[O-]. The third-order valence-electron chi connectivity index (χ3n) is 4.97. The molecule has 1 fully saturated rings. The van der Waals surface area contributed by atoms with Crippen LogP contribution in [-0.4, -0.2) is 74.8 Å². The van der Waals surface area contributed by atoms with Crippen LogP contribution in [0.5, 0.6) is 0 Å². The number of nitrogens with one attached hydrogen (secondary N) is 1. The average molecular weight is 418 g/mol. The second-order valence-electron chi connectivity index (χ2n) is 6.93. The highest BCUT2D eigenvalue weighted by Crippen LogP contribution is 2.26. The molecule has 5 atom stereocenters. The lowest BCUT2D eigenvalue weighted by molar-refractivity contribution is -0.385. The fourth-order valence-corrected chi connectivity index (χ4v) is 3.30. The zero-order valence-electron chi connectivity index (χ0n) is 15.8. The molecule has 0 bridgehead atoms. The summed E-state index contributed by atoms with van der Waals surface area (Å²) in [5.74, 6) is -0.515. The Hall–Kier alpha value is -2.89. The van der Waals surface area contributed by atoms with Crippen molar-refractivity contribution in [2.24, 2.45) is 0 Å². The summed E-state index contributed by atoms with van der Waals surface area (Å²) < 4.78 is 5.41. The molecule has 160 valence electrons. The lowest BCUT2D eigenvalue weighted by Crippen LogP contribution is -2.60. The Kier molecular flexibility index (Phi) is 6.75. The van der Waals surface area contributed by atoms with Crippen LogP contribution in [0.15, 0.2) is 48.5 Å². The minimum atomic E-state index is -1.50. The predicted octanol–water partition coefficient (Wildman–Crippen LogP) is 0.0801. The van der Waals surface area contributed by atoms with Crippen molar-refractivity contribution in [2.75, 3.05) is 18.5 Å². The van der Waals surface area contributed by atoms with Crippen LogP contribution in [0.25, 0.3) is 0 Å². The van der Waals surface area contributed by atoms with E-state index in [-0.39, 0.29) is 17.8 Å². The molecule has 10 nitrogen and oxygen atoms in total. The van der Waals surface area contributed by atoms with Gasteiger partial charge in [-0.25, -0.2) is 0 Å². The van der Waals surface area contributed by atoms with Gasteiger partial charge in [-0.1, -0.05) is 30.3 Å². The van der Waals surface area contributed by atoms with Crippen LogP contribution in [0.4, 0.5) is 11.4 Å². The van der Waals surface area contributed by atoms with E-state index in [0.717, 1.165) is 0 Å². The monoisotopic (exact) mass is 418 g/mol. The fraction of sp³-hybridized carbons (Fsp3) is 0.350. The number of nitro groups is 1. The lowest BCUT2D eigenvalue weighted by atomic mass is 9.95. The molecule has 3 rings (SSSR count). The van der Waals surface area contributed by atoms with Crippen LogP contribution >= 0.6 is 0 Å². The normalized spacial score (nSPS) is 26.2. The molecule has 1 aliphatic heterocycles. The Morgan fingerprint density at radius 1 is 1.03 bits per heavy atom. The van der Waals surface area contributed by atoms with E-state index in [1.54, 1.807) is 30.3 Å². The van der Waals surface area contributed by atoms with Gasteiger partial charge in [0, 0.05) is 23.9 Å². The molecule has 0 amide bonds. The number of hydrogen-bond donors (Lipinski definition) is 5. The van der Waals surface area contributed by atoms with E-state index in [4.69, 9.17) is 4.74 Å². The highest BCUT2D eigenvalue weighted by atomic mass is 16.6. The number of aliphatic hydroxyl groups is 4. The third-order valence-corrected chi connectivity index (χ3v) is 4.97. The molecule has 10 heteroatoms. The van der Waals surface area contributed by atoms with Crippen LogP contribution in [0.2, 0.25) is 0 Å². The zero-order valence-corrected chi connectivity index (χ0v) is 15.8. The van der Waals surface area contributed by atoms with E-state index in [2.05, 4.69) is 5.32 Å². The molecule has 0 spiro atoms. The van der Waals surface area contributed by atoms with Gasteiger partial charge in [0.05, 0.1) is 11.5 Å². The van der Waals surface area contributed by atoms with Crippen molar-refractivity contribution in [3.63, 3.8) is 0 Å². The number of aliphatic hydroxyl groups excluding tert-OH is 4. The van der Waals surface area contributed by atoms with E-state index in [1.807, 2.05) is 0 Å². The van der Waals surface area contributed by atoms with Gasteiger partial charge in [0.1, 0.15) is 36.1 Å².